The molecule has 2 saturated heterocycles. The van der Waals surface area contributed by atoms with Crippen LogP contribution in [-0.2, 0) is 14.3 Å². The van der Waals surface area contributed by atoms with Gasteiger partial charge < -0.3 is 25.6 Å². The number of likely N-dealkylation sites (tertiary alicyclic amines) is 1. The molecule has 2 aliphatic rings. The number of carbonyl (C=O) groups is 1. The average Bonchev–Trinajstić information content (AvgIpc) is 3.74. The predicted octanol–water partition coefficient (Wildman–Crippen LogP) is 4.96. The van der Waals surface area contributed by atoms with Crippen LogP contribution in [0.3, 0.4) is 0 Å². The fourth-order valence-electron chi connectivity index (χ4n) is 6.30. The van der Waals surface area contributed by atoms with Gasteiger partial charge in [0.25, 0.3) is 0 Å². The zero-order valence-corrected chi connectivity index (χ0v) is 28.3. The van der Waals surface area contributed by atoms with Crippen LogP contribution >= 0.6 is 8.44 Å². The summed E-state index contributed by atoms with van der Waals surface area (Å²) in [7, 11) is 1.51. The number of anilines is 4. The fourth-order valence-corrected chi connectivity index (χ4v) is 8.36. The Kier molecular flexibility index (Phi) is 9.08. The zero-order valence-electron chi connectivity index (χ0n) is 26.3. The number of carbonyl (C=O) groups excluding carboxylic acids is 1. The highest BCUT2D eigenvalue weighted by Crippen LogP contribution is 2.39. The normalized spacial score (nSPS) is 18.0. The van der Waals surface area contributed by atoms with Gasteiger partial charge in [0.2, 0.25) is 17.8 Å². The number of hydrogen-bond donors (Lipinski definition) is 4. The number of aromatic nitrogens is 4. The minimum Gasteiger partial charge on any atom is -0.495 e. The number of rotatable bonds is 9. The first kappa shape index (κ1) is 31.4. The van der Waals surface area contributed by atoms with Crippen molar-refractivity contribution in [2.75, 3.05) is 37.4 Å². The molecule has 2 fully saturated rings. The van der Waals surface area contributed by atoms with Crippen molar-refractivity contribution < 1.29 is 13.7 Å². The van der Waals surface area contributed by atoms with Crippen molar-refractivity contribution in [2.45, 2.75) is 68.6 Å². The monoisotopic (exact) mass is 650 g/mol. The maximum absolute atomic E-state index is 13.6. The highest BCUT2D eigenvalue weighted by molar-refractivity contribution is 8.45. The lowest BCUT2D eigenvalue weighted by molar-refractivity contribution is -0.134. The number of ether oxygens (including phenoxy) is 1. The third-order valence-electron chi connectivity index (χ3n) is 8.99. The Labute approximate surface area is 267 Å². The minimum atomic E-state index is -2.72. The van der Waals surface area contributed by atoms with Gasteiger partial charge in [-0.15, -0.1) is 0 Å². The number of nitrogens with zero attached hydrogens (tertiary/aromatic N) is 5. The molecule has 3 N–H and O–H groups in total. The molecule has 0 radical (unpaired) electrons. The molecular weight excluding hydrogens is 607 g/mol. The Morgan fingerprint density at radius 2 is 1.87 bits per heavy atom. The van der Waals surface area contributed by atoms with E-state index in [1.807, 2.05) is 49.1 Å². The van der Waals surface area contributed by atoms with Crippen molar-refractivity contribution in [3.05, 3.63) is 59.8 Å². The summed E-state index contributed by atoms with van der Waals surface area (Å²) in [5, 5.41) is 14.5. The van der Waals surface area contributed by atoms with E-state index >= 15 is 0 Å². The van der Waals surface area contributed by atoms with Gasteiger partial charge in [0.05, 0.1) is 30.7 Å². The molecule has 13 heteroatoms. The lowest BCUT2D eigenvalue weighted by Gasteiger charge is -2.34. The van der Waals surface area contributed by atoms with Gasteiger partial charge in [0, 0.05) is 29.3 Å². The van der Waals surface area contributed by atoms with E-state index in [4.69, 9.17) is 9.72 Å². The van der Waals surface area contributed by atoms with Gasteiger partial charge in [-0.3, -0.25) is 9.00 Å². The first-order valence-electron chi connectivity index (χ1n) is 15.6. The molecule has 2 atom stereocenters. The largest absolute Gasteiger partial charge is 0.495 e. The molecule has 4 aromatic rings. The lowest BCUT2D eigenvalue weighted by atomic mass is 9.86. The molecule has 4 heterocycles. The van der Waals surface area contributed by atoms with Gasteiger partial charge in [-0.1, -0.05) is 44.0 Å². The highest BCUT2D eigenvalue weighted by Gasteiger charge is 2.31. The number of hydrogen-bond acceptors (Lipinski definition) is 9. The molecule has 1 amide bonds. The number of amides is 1. The van der Waals surface area contributed by atoms with Crippen LogP contribution in [0.5, 0.6) is 5.75 Å². The smallest absolute Gasteiger partial charge is 0.239 e. The Morgan fingerprint density at radius 3 is 2.58 bits per heavy atom. The van der Waals surface area contributed by atoms with Gasteiger partial charge in [0.15, 0.2) is 5.65 Å². The zero-order chi connectivity index (χ0) is 31.7. The second kappa shape index (κ2) is 13.0. The van der Waals surface area contributed by atoms with E-state index in [0.717, 1.165) is 61.5 Å². The molecule has 45 heavy (non-hydrogen) atoms. The number of aryl methyl sites for hydroxylation is 1. The summed E-state index contributed by atoms with van der Waals surface area (Å²) in [4.78, 5) is 25.1. The van der Waals surface area contributed by atoms with E-state index in [0.29, 0.717) is 34.9 Å². The van der Waals surface area contributed by atoms with E-state index in [-0.39, 0.29) is 17.2 Å². The molecule has 2 aromatic heterocycles. The van der Waals surface area contributed by atoms with Crippen molar-refractivity contribution in [1.29, 1.82) is 0 Å². The van der Waals surface area contributed by atoms with Gasteiger partial charge >= 0.3 is 0 Å². The lowest BCUT2D eigenvalue weighted by Crippen LogP contribution is -2.46. The number of benzene rings is 2. The maximum atomic E-state index is 13.6. The molecule has 2 unspecified atom stereocenters. The van der Waals surface area contributed by atoms with Crippen LogP contribution < -0.4 is 20.7 Å². The van der Waals surface area contributed by atoms with Crippen molar-refractivity contribution in [1.82, 2.24) is 29.8 Å². The van der Waals surface area contributed by atoms with Gasteiger partial charge in [0.1, 0.15) is 5.75 Å². The van der Waals surface area contributed by atoms with Crippen LogP contribution in [0.15, 0.2) is 53.6 Å². The van der Waals surface area contributed by atoms with Crippen LogP contribution in [0.25, 0.3) is 5.65 Å². The third-order valence-corrected chi connectivity index (χ3v) is 14.3. The number of thiol groups is 1. The molecule has 6 rings (SSSR count). The summed E-state index contributed by atoms with van der Waals surface area (Å²) in [6.07, 6.45) is 5.52. The number of para-hydroxylation sites is 1. The average molecular weight is 651 g/mol. The summed E-state index contributed by atoms with van der Waals surface area (Å²) in [6, 6.07) is 13.6. The molecule has 11 nitrogen and oxygen atoms in total. The molecule has 2 aromatic carbocycles. The van der Waals surface area contributed by atoms with Gasteiger partial charge in [-0.05, 0) is 80.5 Å². The standard InChI is InChI=1S/C32H43N8O3PS/c1-20(2)45(42,44)28-10-6-5-8-24(28)36-32-38-31(37-29-11-15-34-40(29)32)35-26-18-21(3)23(19-27(26)43-4)22-12-16-39(17-13-22)30(41)25-9-7-14-33-25/h5-6,8,10-11,15,18-20,22,25,33,45H,7,9,12-14,16-17,44H2,1-4H3,(H2,35,36,37,38). The van der Waals surface area contributed by atoms with Crippen molar-refractivity contribution in [3.8, 4) is 5.75 Å². The molecule has 0 bridgehead atoms. The summed E-state index contributed by atoms with van der Waals surface area (Å²) >= 11 is 0. The Hall–Kier alpha value is -3.60. The molecular formula is C32H43N8O3PS. The maximum Gasteiger partial charge on any atom is 0.239 e. The summed E-state index contributed by atoms with van der Waals surface area (Å²) in [5.74, 6) is 2.10. The fraction of sp³-hybridized carbons (Fsp3) is 0.438. The van der Waals surface area contributed by atoms with E-state index in [2.05, 4.69) is 53.5 Å². The van der Waals surface area contributed by atoms with E-state index in [1.165, 1.54) is 5.56 Å². The number of methoxy groups -OCH3 is 1. The SMILES string of the molecule is COc1cc(C2CCN(C(=O)C3CCCN3)CC2)c(C)cc1Nc1nc(Nc2ccccc2[SH](=O)(P)C(C)C)n2nccc2n1. The van der Waals surface area contributed by atoms with E-state index < -0.39 is 9.55 Å². The first-order valence-corrected chi connectivity index (χ1v) is 19.0. The summed E-state index contributed by atoms with van der Waals surface area (Å²) < 4.78 is 21.1. The van der Waals surface area contributed by atoms with Crippen molar-refractivity contribution in [3.63, 3.8) is 0 Å². The third kappa shape index (κ3) is 6.41. The van der Waals surface area contributed by atoms with E-state index in [9.17, 15) is 9.00 Å². The van der Waals surface area contributed by atoms with Crippen LogP contribution in [-0.4, -0.2) is 72.6 Å². The second-order valence-electron chi connectivity index (χ2n) is 12.2. The predicted molar refractivity (Wildman–Crippen MR) is 184 cm³/mol. The molecule has 0 aliphatic carbocycles. The first-order chi connectivity index (χ1) is 21.7. The highest BCUT2D eigenvalue weighted by atomic mass is 32.8. The number of piperidine rings is 1. The van der Waals surface area contributed by atoms with Crippen molar-refractivity contribution >= 4 is 52.8 Å². The van der Waals surface area contributed by atoms with Crippen molar-refractivity contribution in [2.24, 2.45) is 0 Å². The van der Waals surface area contributed by atoms with Crippen LogP contribution in [0, 0.1) is 6.92 Å². The van der Waals surface area contributed by atoms with Crippen LogP contribution in [0.4, 0.5) is 23.3 Å². The second-order valence-corrected chi connectivity index (χ2v) is 17.4. The topological polar surface area (TPSA) is 126 Å². The van der Waals surface area contributed by atoms with Gasteiger partial charge in [-0.2, -0.15) is 19.6 Å². The van der Waals surface area contributed by atoms with Gasteiger partial charge in [-0.25, -0.2) is 0 Å². The van der Waals surface area contributed by atoms with Crippen LogP contribution in [0.2, 0.25) is 0 Å². The minimum absolute atomic E-state index is 0.0180. The number of fused-ring (bicyclic) bond motifs is 1. The summed E-state index contributed by atoms with van der Waals surface area (Å²) in [6.45, 7) is 8.50. The Balaban J connectivity index is 1.24. The molecule has 240 valence electrons. The van der Waals surface area contributed by atoms with E-state index in [1.54, 1.807) is 17.8 Å². The Morgan fingerprint density at radius 1 is 1.09 bits per heavy atom. The Bertz CT molecular complexity index is 1750. The molecule has 0 saturated carbocycles. The van der Waals surface area contributed by atoms with Crippen LogP contribution in [0.1, 0.15) is 56.6 Å². The quantitative estimate of drug-likeness (QED) is 0.147. The molecule has 2 aliphatic heterocycles. The number of nitrogens with one attached hydrogen (secondary N) is 3. The summed E-state index contributed by atoms with van der Waals surface area (Å²) in [5.41, 5.74) is 4.44. The molecule has 0 spiro atoms.